The number of benzene rings is 2. The zero-order valence-electron chi connectivity index (χ0n) is 15.2. The molecule has 28 heavy (non-hydrogen) atoms. The first-order valence-electron chi connectivity index (χ1n) is 8.50. The molecule has 1 aromatic heterocycles. The Kier molecular flexibility index (Phi) is 5.72. The van der Waals surface area contributed by atoms with E-state index in [9.17, 15) is 13.2 Å². The molecule has 1 heterocycles. The van der Waals surface area contributed by atoms with Crippen molar-refractivity contribution in [3.8, 4) is 17.2 Å². The van der Waals surface area contributed by atoms with Gasteiger partial charge in [0.25, 0.3) is 0 Å². The van der Waals surface area contributed by atoms with Crippen molar-refractivity contribution in [2.24, 2.45) is 0 Å². The number of hydrogen-bond acceptors (Lipinski definition) is 6. The number of hydrogen-bond donors (Lipinski definition) is 1. The molecule has 0 saturated heterocycles. The zero-order chi connectivity index (χ0) is 20.1. The summed E-state index contributed by atoms with van der Waals surface area (Å²) in [5.41, 5.74) is -0.643. The second-order valence-electron chi connectivity index (χ2n) is 5.80. The van der Waals surface area contributed by atoms with Crippen LogP contribution in [0.15, 0.2) is 47.0 Å². The summed E-state index contributed by atoms with van der Waals surface area (Å²) in [4.78, 5) is 4.02. The molecule has 0 spiro atoms. The number of ether oxygens (including phenoxy) is 2. The van der Waals surface area contributed by atoms with Gasteiger partial charge in [-0.3, -0.25) is 0 Å². The lowest BCUT2D eigenvalue weighted by Gasteiger charge is -2.15. The number of aromatic nitrogens is 2. The Bertz CT molecular complexity index is 924. The van der Waals surface area contributed by atoms with Crippen molar-refractivity contribution in [2.75, 3.05) is 11.9 Å². The number of alkyl halides is 3. The maximum atomic E-state index is 13.1. The first-order chi connectivity index (χ1) is 13.3. The van der Waals surface area contributed by atoms with Crippen molar-refractivity contribution in [2.45, 2.75) is 26.6 Å². The van der Waals surface area contributed by atoms with E-state index in [1.54, 1.807) is 31.2 Å². The fourth-order valence-corrected chi connectivity index (χ4v) is 2.41. The van der Waals surface area contributed by atoms with Crippen LogP contribution >= 0.6 is 0 Å². The smallest absolute Gasteiger partial charge is 0.416 e. The molecule has 0 aliphatic carbocycles. The van der Waals surface area contributed by atoms with Crippen molar-refractivity contribution in [1.82, 2.24) is 10.1 Å². The van der Waals surface area contributed by atoms with E-state index in [-0.39, 0.29) is 23.9 Å². The van der Waals surface area contributed by atoms with Crippen LogP contribution in [0.3, 0.4) is 0 Å². The van der Waals surface area contributed by atoms with Gasteiger partial charge in [-0.25, -0.2) is 0 Å². The molecule has 0 atom stereocenters. The Hall–Kier alpha value is -3.23. The molecule has 0 fully saturated rings. The second-order valence-corrected chi connectivity index (χ2v) is 5.80. The first kappa shape index (κ1) is 19.5. The number of aryl methyl sites for hydroxylation is 1. The Balaban J connectivity index is 1.83. The van der Waals surface area contributed by atoms with E-state index < -0.39 is 11.7 Å². The molecule has 148 valence electrons. The van der Waals surface area contributed by atoms with Gasteiger partial charge in [0.15, 0.2) is 11.6 Å². The number of anilines is 1. The van der Waals surface area contributed by atoms with Crippen LogP contribution in [0.25, 0.3) is 0 Å². The minimum Gasteiger partial charge on any atom is -0.494 e. The lowest BCUT2D eigenvalue weighted by Crippen LogP contribution is -2.08. The van der Waals surface area contributed by atoms with Gasteiger partial charge in [0, 0.05) is 0 Å². The van der Waals surface area contributed by atoms with Gasteiger partial charge in [-0.1, -0.05) is 5.16 Å². The summed E-state index contributed by atoms with van der Waals surface area (Å²) < 4.78 is 55.4. The number of nitrogens with one attached hydrogen (secondary N) is 1. The third-order valence-electron chi connectivity index (χ3n) is 3.67. The van der Waals surface area contributed by atoms with Crippen LogP contribution in [-0.2, 0) is 12.7 Å². The van der Waals surface area contributed by atoms with Crippen LogP contribution in [0.1, 0.15) is 24.2 Å². The van der Waals surface area contributed by atoms with E-state index in [1.807, 2.05) is 6.92 Å². The van der Waals surface area contributed by atoms with Gasteiger partial charge in [-0.05, 0) is 56.3 Å². The average Bonchev–Trinajstić information content (AvgIpc) is 3.07. The van der Waals surface area contributed by atoms with Gasteiger partial charge in [0.2, 0.25) is 5.89 Å². The van der Waals surface area contributed by atoms with Crippen molar-refractivity contribution >= 4 is 5.69 Å². The summed E-state index contributed by atoms with van der Waals surface area (Å²) in [7, 11) is 0. The first-order valence-corrected chi connectivity index (χ1v) is 8.50. The van der Waals surface area contributed by atoms with Gasteiger partial charge >= 0.3 is 6.18 Å². The number of halogens is 3. The van der Waals surface area contributed by atoms with Gasteiger partial charge < -0.3 is 19.3 Å². The predicted molar refractivity (Wildman–Crippen MR) is 95.5 cm³/mol. The molecular formula is C19H18F3N3O3. The Morgan fingerprint density at radius 2 is 1.79 bits per heavy atom. The maximum Gasteiger partial charge on any atom is 0.416 e. The highest BCUT2D eigenvalue weighted by Crippen LogP contribution is 2.37. The fourth-order valence-electron chi connectivity index (χ4n) is 2.41. The summed E-state index contributed by atoms with van der Waals surface area (Å²) in [6.07, 6.45) is -4.48. The highest BCUT2D eigenvalue weighted by Gasteiger charge is 2.31. The number of rotatable bonds is 7. The molecule has 1 N–H and O–H groups in total. The zero-order valence-corrected chi connectivity index (χ0v) is 15.2. The van der Waals surface area contributed by atoms with Crippen LogP contribution in [0.2, 0.25) is 0 Å². The standard InChI is InChI=1S/C19H18F3N3O3/c1-3-26-14-5-7-15(8-6-14)27-17-9-4-13(19(20,21)22)10-16(17)23-11-18-24-12(2)25-28-18/h4-10,23H,3,11H2,1-2H3. The molecule has 3 aromatic rings. The molecular weight excluding hydrogens is 375 g/mol. The summed E-state index contributed by atoms with van der Waals surface area (Å²) in [5, 5.41) is 6.51. The van der Waals surface area contributed by atoms with Gasteiger partial charge in [-0.15, -0.1) is 0 Å². The lowest BCUT2D eigenvalue weighted by atomic mass is 10.1. The van der Waals surface area contributed by atoms with Crippen LogP contribution in [0, 0.1) is 6.92 Å². The second kappa shape index (κ2) is 8.20. The highest BCUT2D eigenvalue weighted by molar-refractivity contribution is 5.59. The lowest BCUT2D eigenvalue weighted by molar-refractivity contribution is -0.137. The van der Waals surface area contributed by atoms with E-state index in [1.165, 1.54) is 6.07 Å². The summed E-state index contributed by atoms with van der Waals surface area (Å²) >= 11 is 0. The quantitative estimate of drug-likeness (QED) is 0.595. The molecule has 0 aliphatic rings. The minimum absolute atomic E-state index is 0.0573. The largest absolute Gasteiger partial charge is 0.494 e. The normalized spacial score (nSPS) is 11.3. The Morgan fingerprint density at radius 1 is 1.07 bits per heavy atom. The molecule has 0 radical (unpaired) electrons. The third kappa shape index (κ3) is 4.93. The van der Waals surface area contributed by atoms with Crippen LogP contribution < -0.4 is 14.8 Å². The van der Waals surface area contributed by atoms with Crippen LogP contribution in [-0.4, -0.2) is 16.7 Å². The maximum absolute atomic E-state index is 13.1. The van der Waals surface area contributed by atoms with Gasteiger partial charge in [0.05, 0.1) is 24.4 Å². The molecule has 9 heteroatoms. The van der Waals surface area contributed by atoms with Crippen molar-refractivity contribution in [3.63, 3.8) is 0 Å². The topological polar surface area (TPSA) is 69.4 Å². The molecule has 0 unspecified atom stereocenters. The van der Waals surface area contributed by atoms with Gasteiger partial charge in [0.1, 0.15) is 11.5 Å². The highest BCUT2D eigenvalue weighted by atomic mass is 19.4. The van der Waals surface area contributed by atoms with E-state index >= 15 is 0 Å². The molecule has 0 amide bonds. The van der Waals surface area contributed by atoms with E-state index in [0.29, 0.717) is 23.9 Å². The Labute approximate surface area is 159 Å². The predicted octanol–water partition coefficient (Wildman–Crippen LogP) is 5.20. The molecule has 0 saturated carbocycles. The van der Waals surface area contributed by atoms with Crippen LogP contribution in [0.4, 0.5) is 18.9 Å². The average molecular weight is 393 g/mol. The SMILES string of the molecule is CCOc1ccc(Oc2ccc(C(F)(F)F)cc2NCc2nc(C)no2)cc1. The molecule has 0 aliphatic heterocycles. The van der Waals surface area contributed by atoms with E-state index in [4.69, 9.17) is 14.0 Å². The van der Waals surface area contributed by atoms with E-state index in [2.05, 4.69) is 15.5 Å². The third-order valence-corrected chi connectivity index (χ3v) is 3.67. The fraction of sp³-hybridized carbons (Fsp3) is 0.263. The Morgan fingerprint density at radius 3 is 2.39 bits per heavy atom. The molecule has 0 bridgehead atoms. The van der Waals surface area contributed by atoms with Crippen molar-refractivity contribution < 1.29 is 27.2 Å². The summed E-state index contributed by atoms with van der Waals surface area (Å²) in [6, 6.07) is 10.00. The monoisotopic (exact) mass is 393 g/mol. The van der Waals surface area contributed by atoms with Crippen molar-refractivity contribution in [1.29, 1.82) is 0 Å². The van der Waals surface area contributed by atoms with E-state index in [0.717, 1.165) is 12.1 Å². The molecule has 6 nitrogen and oxygen atoms in total. The summed E-state index contributed by atoms with van der Waals surface area (Å²) in [5.74, 6) is 2.05. The minimum atomic E-state index is -4.48. The molecule has 2 aromatic carbocycles. The van der Waals surface area contributed by atoms with Crippen molar-refractivity contribution in [3.05, 3.63) is 59.7 Å². The summed E-state index contributed by atoms with van der Waals surface area (Å²) in [6.45, 7) is 4.11. The van der Waals surface area contributed by atoms with Crippen LogP contribution in [0.5, 0.6) is 17.2 Å². The number of nitrogens with zero attached hydrogens (tertiary/aromatic N) is 2. The van der Waals surface area contributed by atoms with Gasteiger partial charge in [-0.2, -0.15) is 18.2 Å². The molecule has 3 rings (SSSR count).